The maximum atomic E-state index is 8.84. The Morgan fingerprint density at radius 3 is 1.73 bits per heavy atom. The highest BCUT2D eigenvalue weighted by molar-refractivity contribution is 5.38. The van der Waals surface area contributed by atoms with E-state index in [0.29, 0.717) is 5.92 Å². The number of aliphatic hydroxyl groups is 1. The summed E-state index contributed by atoms with van der Waals surface area (Å²) in [4.78, 5) is 0. The topological polar surface area (TPSA) is 29.5 Å². The van der Waals surface area contributed by atoms with Gasteiger partial charge in [0.25, 0.3) is 0 Å². The molecule has 0 saturated carbocycles. The molecule has 0 fully saturated rings. The molecule has 0 amide bonds. The standard InChI is InChI=1S/C31H52O2/c1-3-5-7-9-11-12-14-17-22-30(21-16-13-10-8-6-4-2)28-33-31-25-23-29(24-26-31)20-18-15-19-27-32/h23-26,30,32H,3-17,19,21-22,27-28H2,1-2H3. The first-order valence-electron chi connectivity index (χ1n) is 14.1. The molecule has 1 aromatic carbocycles. The molecule has 0 bridgehead atoms. The molecule has 0 aliphatic rings. The molecule has 188 valence electrons. The van der Waals surface area contributed by atoms with Crippen LogP contribution in [-0.2, 0) is 0 Å². The van der Waals surface area contributed by atoms with Gasteiger partial charge in [0.1, 0.15) is 5.75 Å². The molecule has 1 aromatic rings. The molecule has 0 heterocycles. The third kappa shape index (κ3) is 17.7. The van der Waals surface area contributed by atoms with Crippen LogP contribution in [0.5, 0.6) is 5.75 Å². The molecule has 0 aliphatic heterocycles. The molecule has 2 nitrogen and oxygen atoms in total. The Morgan fingerprint density at radius 1 is 0.697 bits per heavy atom. The summed E-state index contributed by atoms with van der Waals surface area (Å²) in [6.45, 7) is 5.62. The van der Waals surface area contributed by atoms with Crippen LogP contribution in [0, 0.1) is 17.8 Å². The third-order valence-corrected chi connectivity index (χ3v) is 6.46. The zero-order valence-electron chi connectivity index (χ0n) is 21.9. The lowest BCUT2D eigenvalue weighted by atomic mass is 9.94. The maximum absolute atomic E-state index is 8.84. The minimum atomic E-state index is 0.209. The number of ether oxygens (including phenoxy) is 1. The summed E-state index contributed by atoms with van der Waals surface area (Å²) < 4.78 is 6.20. The van der Waals surface area contributed by atoms with Gasteiger partial charge in [-0.25, -0.2) is 0 Å². The Morgan fingerprint density at radius 2 is 1.21 bits per heavy atom. The van der Waals surface area contributed by atoms with Crippen LogP contribution in [-0.4, -0.2) is 18.3 Å². The van der Waals surface area contributed by atoms with Crippen LogP contribution in [0.25, 0.3) is 0 Å². The van der Waals surface area contributed by atoms with Crippen LogP contribution < -0.4 is 4.74 Å². The number of unbranched alkanes of at least 4 members (excludes halogenated alkanes) is 13. The fourth-order valence-corrected chi connectivity index (χ4v) is 4.27. The van der Waals surface area contributed by atoms with Gasteiger partial charge < -0.3 is 9.84 Å². The Balaban J connectivity index is 2.37. The van der Waals surface area contributed by atoms with Crippen molar-refractivity contribution in [1.29, 1.82) is 0 Å². The Hall–Kier alpha value is -1.46. The Kier molecular flexibility index (Phi) is 20.0. The van der Waals surface area contributed by atoms with Crippen LogP contribution in [0.1, 0.15) is 135 Å². The average molecular weight is 457 g/mol. The van der Waals surface area contributed by atoms with Crippen molar-refractivity contribution in [3.05, 3.63) is 29.8 Å². The van der Waals surface area contributed by atoms with Crippen molar-refractivity contribution in [3.63, 3.8) is 0 Å². The van der Waals surface area contributed by atoms with E-state index in [1.54, 1.807) is 0 Å². The first-order chi connectivity index (χ1) is 16.3. The van der Waals surface area contributed by atoms with Gasteiger partial charge in [0.2, 0.25) is 0 Å². The second-order valence-corrected chi connectivity index (χ2v) is 9.65. The van der Waals surface area contributed by atoms with Gasteiger partial charge in [-0.15, -0.1) is 0 Å². The third-order valence-electron chi connectivity index (χ3n) is 6.46. The quantitative estimate of drug-likeness (QED) is 0.148. The second kappa shape index (κ2) is 22.3. The zero-order valence-corrected chi connectivity index (χ0v) is 21.9. The van der Waals surface area contributed by atoms with Crippen molar-refractivity contribution in [2.24, 2.45) is 5.92 Å². The minimum absolute atomic E-state index is 0.209. The summed E-state index contributed by atoms with van der Waals surface area (Å²) in [6.07, 6.45) is 23.4. The van der Waals surface area contributed by atoms with Gasteiger partial charge in [-0.1, -0.05) is 116 Å². The average Bonchev–Trinajstić information content (AvgIpc) is 2.84. The lowest BCUT2D eigenvalue weighted by molar-refractivity contribution is 0.224. The van der Waals surface area contributed by atoms with E-state index in [9.17, 15) is 0 Å². The molecule has 0 saturated heterocycles. The molecule has 33 heavy (non-hydrogen) atoms. The van der Waals surface area contributed by atoms with Gasteiger partial charge in [0.15, 0.2) is 0 Å². The monoisotopic (exact) mass is 456 g/mol. The summed E-state index contributed by atoms with van der Waals surface area (Å²) in [5.41, 5.74) is 1.02. The van der Waals surface area contributed by atoms with E-state index in [1.165, 1.54) is 103 Å². The highest BCUT2D eigenvalue weighted by Crippen LogP contribution is 2.21. The van der Waals surface area contributed by atoms with E-state index in [-0.39, 0.29) is 6.61 Å². The predicted molar refractivity (Wildman–Crippen MR) is 144 cm³/mol. The predicted octanol–water partition coefficient (Wildman–Crippen LogP) is 9.09. The largest absolute Gasteiger partial charge is 0.493 e. The van der Waals surface area contributed by atoms with Crippen molar-refractivity contribution in [2.75, 3.05) is 13.2 Å². The van der Waals surface area contributed by atoms with E-state index in [2.05, 4.69) is 25.7 Å². The van der Waals surface area contributed by atoms with E-state index in [4.69, 9.17) is 9.84 Å². The first-order valence-corrected chi connectivity index (χ1v) is 14.1. The molecule has 2 heteroatoms. The molecule has 1 atom stereocenters. The van der Waals surface area contributed by atoms with Gasteiger partial charge in [0.05, 0.1) is 6.61 Å². The summed E-state index contributed by atoms with van der Waals surface area (Å²) in [5.74, 6) is 7.90. The Labute approximate surface area is 205 Å². The Bertz CT molecular complexity index is 596. The smallest absolute Gasteiger partial charge is 0.119 e. The molecule has 0 spiro atoms. The summed E-state index contributed by atoms with van der Waals surface area (Å²) in [6, 6.07) is 8.19. The van der Waals surface area contributed by atoms with Crippen molar-refractivity contribution in [1.82, 2.24) is 0 Å². The van der Waals surface area contributed by atoms with Gasteiger partial charge >= 0.3 is 0 Å². The van der Waals surface area contributed by atoms with E-state index >= 15 is 0 Å². The highest BCUT2D eigenvalue weighted by Gasteiger charge is 2.10. The molecule has 0 aliphatic carbocycles. The summed E-state index contributed by atoms with van der Waals surface area (Å²) in [7, 11) is 0. The van der Waals surface area contributed by atoms with Gasteiger partial charge in [-0.05, 0) is 49.4 Å². The van der Waals surface area contributed by atoms with Crippen molar-refractivity contribution < 1.29 is 9.84 Å². The number of rotatable bonds is 21. The number of hydrogen-bond donors (Lipinski definition) is 1. The van der Waals surface area contributed by atoms with E-state index < -0.39 is 0 Å². The zero-order chi connectivity index (χ0) is 23.8. The lowest BCUT2D eigenvalue weighted by Gasteiger charge is -2.18. The molecule has 1 N–H and O–H groups in total. The fourth-order valence-electron chi connectivity index (χ4n) is 4.27. The summed E-state index contributed by atoms with van der Waals surface area (Å²) >= 11 is 0. The van der Waals surface area contributed by atoms with E-state index in [0.717, 1.165) is 30.8 Å². The van der Waals surface area contributed by atoms with Crippen LogP contribution in [0.4, 0.5) is 0 Å². The van der Waals surface area contributed by atoms with Gasteiger partial charge in [-0.3, -0.25) is 0 Å². The number of hydrogen-bond acceptors (Lipinski definition) is 2. The van der Waals surface area contributed by atoms with Crippen LogP contribution in [0.3, 0.4) is 0 Å². The van der Waals surface area contributed by atoms with Crippen molar-refractivity contribution in [3.8, 4) is 17.6 Å². The number of aliphatic hydroxyl groups excluding tert-OH is 1. The molecule has 1 unspecified atom stereocenters. The molecule has 1 rings (SSSR count). The fraction of sp³-hybridized carbons (Fsp3) is 0.742. The lowest BCUT2D eigenvalue weighted by Crippen LogP contribution is -2.12. The SMILES string of the molecule is CCCCCCCCCCC(CCCCCCCC)COc1ccc(C#CCCCO)cc1. The molecule has 0 aromatic heterocycles. The van der Waals surface area contributed by atoms with Crippen molar-refractivity contribution >= 4 is 0 Å². The highest BCUT2D eigenvalue weighted by atomic mass is 16.5. The first kappa shape index (κ1) is 29.6. The normalized spacial score (nSPS) is 11.7. The molecular weight excluding hydrogens is 404 g/mol. The van der Waals surface area contributed by atoms with Crippen LogP contribution >= 0.6 is 0 Å². The van der Waals surface area contributed by atoms with Crippen molar-refractivity contribution in [2.45, 2.75) is 129 Å². The van der Waals surface area contributed by atoms with E-state index in [1.807, 2.05) is 24.3 Å². The van der Waals surface area contributed by atoms with Gasteiger partial charge in [-0.2, -0.15) is 0 Å². The van der Waals surface area contributed by atoms with Gasteiger partial charge in [0, 0.05) is 18.6 Å². The minimum Gasteiger partial charge on any atom is -0.493 e. The molecule has 0 radical (unpaired) electrons. The molecular formula is C31H52O2. The maximum Gasteiger partial charge on any atom is 0.119 e. The second-order valence-electron chi connectivity index (χ2n) is 9.65. The summed E-state index contributed by atoms with van der Waals surface area (Å²) in [5, 5.41) is 8.84. The van der Waals surface area contributed by atoms with Crippen LogP contribution in [0.15, 0.2) is 24.3 Å². The number of benzene rings is 1. The van der Waals surface area contributed by atoms with Crippen LogP contribution in [0.2, 0.25) is 0 Å².